The lowest BCUT2D eigenvalue weighted by atomic mass is 10.1. The highest BCUT2D eigenvalue weighted by molar-refractivity contribution is 5.69. The summed E-state index contributed by atoms with van der Waals surface area (Å²) in [5, 5.41) is 9.00. The Balaban J connectivity index is 3.46. The van der Waals surface area contributed by atoms with E-state index in [2.05, 4.69) is 4.74 Å². The van der Waals surface area contributed by atoms with Crippen LogP contribution in [0.1, 0.15) is 26.7 Å². The molecule has 0 bridgehead atoms. The molecule has 0 heterocycles. The van der Waals surface area contributed by atoms with Crippen molar-refractivity contribution < 1.29 is 14.6 Å². The quantitative estimate of drug-likeness (QED) is 0.449. The molecule has 0 rings (SSSR count). The number of esters is 1. The molecule has 3 N–H and O–H groups in total. The van der Waals surface area contributed by atoms with E-state index in [1.54, 1.807) is 6.92 Å². The van der Waals surface area contributed by atoms with E-state index in [1.807, 2.05) is 0 Å². The van der Waals surface area contributed by atoms with Crippen molar-refractivity contribution in [3.63, 3.8) is 0 Å². The summed E-state index contributed by atoms with van der Waals surface area (Å²) in [5.74, 6) is -0.321. The summed E-state index contributed by atoms with van der Waals surface area (Å²) >= 11 is 0. The average Bonchev–Trinajstić information content (AvgIpc) is 1.83. The molecule has 0 aliphatic heterocycles. The van der Waals surface area contributed by atoms with E-state index >= 15 is 0 Å². The van der Waals surface area contributed by atoms with E-state index in [9.17, 15) is 4.79 Å². The SMILES string of the molecule is CCOC(=O)CCC(C)(N)O. The maximum atomic E-state index is 10.7. The minimum absolute atomic E-state index is 0.164. The first-order valence-corrected chi connectivity index (χ1v) is 3.62. The second kappa shape index (κ2) is 4.31. The molecule has 0 aliphatic rings. The molecule has 0 saturated carbocycles. The number of carbonyl (C=O) groups is 1. The Bertz CT molecular complexity index is 128. The van der Waals surface area contributed by atoms with E-state index in [1.165, 1.54) is 6.92 Å². The number of aliphatic hydroxyl groups is 1. The average molecular weight is 161 g/mol. The van der Waals surface area contributed by atoms with E-state index in [0.717, 1.165) is 0 Å². The molecule has 1 unspecified atom stereocenters. The van der Waals surface area contributed by atoms with Crippen LogP contribution in [0.25, 0.3) is 0 Å². The van der Waals surface area contributed by atoms with Crippen LogP contribution in [-0.2, 0) is 9.53 Å². The first kappa shape index (κ1) is 10.4. The van der Waals surface area contributed by atoms with Crippen LogP contribution in [0.4, 0.5) is 0 Å². The summed E-state index contributed by atoms with van der Waals surface area (Å²) in [6.45, 7) is 3.55. The van der Waals surface area contributed by atoms with Crippen molar-refractivity contribution in [3.05, 3.63) is 0 Å². The normalized spacial score (nSPS) is 15.6. The maximum absolute atomic E-state index is 10.7. The van der Waals surface area contributed by atoms with Gasteiger partial charge in [0.05, 0.1) is 6.61 Å². The lowest BCUT2D eigenvalue weighted by Gasteiger charge is -2.15. The first-order chi connectivity index (χ1) is 4.95. The number of rotatable bonds is 4. The van der Waals surface area contributed by atoms with Crippen LogP contribution in [-0.4, -0.2) is 23.4 Å². The van der Waals surface area contributed by atoms with Gasteiger partial charge in [0, 0.05) is 6.42 Å². The van der Waals surface area contributed by atoms with Gasteiger partial charge < -0.3 is 15.6 Å². The van der Waals surface area contributed by atoms with Crippen molar-refractivity contribution in [1.82, 2.24) is 0 Å². The van der Waals surface area contributed by atoms with Gasteiger partial charge in [-0.3, -0.25) is 4.79 Å². The molecule has 0 aromatic rings. The second-order valence-electron chi connectivity index (χ2n) is 2.66. The fourth-order valence-corrected chi connectivity index (χ4v) is 0.588. The van der Waals surface area contributed by atoms with Gasteiger partial charge in [0.15, 0.2) is 0 Å². The second-order valence-corrected chi connectivity index (χ2v) is 2.66. The van der Waals surface area contributed by atoms with Gasteiger partial charge in [0.2, 0.25) is 0 Å². The summed E-state index contributed by atoms with van der Waals surface area (Å²) in [6.07, 6.45) is 0.392. The van der Waals surface area contributed by atoms with Crippen molar-refractivity contribution in [3.8, 4) is 0 Å². The molecule has 4 nitrogen and oxygen atoms in total. The van der Waals surface area contributed by atoms with E-state index in [0.29, 0.717) is 6.61 Å². The van der Waals surface area contributed by atoms with Crippen molar-refractivity contribution in [1.29, 1.82) is 0 Å². The molecule has 0 radical (unpaired) electrons. The highest BCUT2D eigenvalue weighted by Gasteiger charge is 2.15. The molecule has 0 aromatic heterocycles. The number of hydrogen-bond acceptors (Lipinski definition) is 4. The summed E-state index contributed by atoms with van der Waals surface area (Å²) in [7, 11) is 0. The zero-order chi connectivity index (χ0) is 8.91. The summed E-state index contributed by atoms with van der Waals surface area (Å²) < 4.78 is 4.63. The van der Waals surface area contributed by atoms with Crippen molar-refractivity contribution in [2.45, 2.75) is 32.4 Å². The predicted octanol–water partition coefficient (Wildman–Crippen LogP) is -0.00310. The standard InChI is InChI=1S/C7H15NO3/c1-3-11-6(9)4-5-7(2,8)10/h10H,3-5,8H2,1-2H3. The summed E-state index contributed by atoms with van der Waals surface area (Å²) in [6, 6.07) is 0. The van der Waals surface area contributed by atoms with Gasteiger partial charge in [-0.05, 0) is 20.3 Å². The molecule has 0 aliphatic carbocycles. The smallest absolute Gasteiger partial charge is 0.305 e. The Labute approximate surface area is 66.3 Å². The fraction of sp³-hybridized carbons (Fsp3) is 0.857. The molecule has 66 valence electrons. The molecular weight excluding hydrogens is 146 g/mol. The summed E-state index contributed by atoms with van der Waals surface area (Å²) in [4.78, 5) is 10.7. The van der Waals surface area contributed by atoms with Gasteiger partial charge in [-0.2, -0.15) is 0 Å². The van der Waals surface area contributed by atoms with Gasteiger partial charge in [-0.1, -0.05) is 0 Å². The van der Waals surface area contributed by atoms with Crippen molar-refractivity contribution in [2.24, 2.45) is 5.73 Å². The minimum Gasteiger partial charge on any atom is -0.466 e. The Morgan fingerprint density at radius 1 is 1.73 bits per heavy atom. The third-order valence-electron chi connectivity index (χ3n) is 1.14. The minimum atomic E-state index is -1.27. The highest BCUT2D eigenvalue weighted by atomic mass is 16.5. The topological polar surface area (TPSA) is 72.5 Å². The van der Waals surface area contributed by atoms with Gasteiger partial charge in [-0.25, -0.2) is 0 Å². The Morgan fingerprint density at radius 2 is 2.27 bits per heavy atom. The van der Waals surface area contributed by atoms with Crippen LogP contribution < -0.4 is 5.73 Å². The number of nitrogens with two attached hydrogens (primary N) is 1. The summed E-state index contributed by atoms with van der Waals surface area (Å²) in [5.41, 5.74) is 3.96. The van der Waals surface area contributed by atoms with E-state index in [4.69, 9.17) is 10.8 Å². The lowest BCUT2D eigenvalue weighted by Crippen LogP contribution is -2.36. The number of ether oxygens (including phenoxy) is 1. The lowest BCUT2D eigenvalue weighted by molar-refractivity contribution is -0.144. The Kier molecular flexibility index (Phi) is 4.07. The first-order valence-electron chi connectivity index (χ1n) is 3.62. The zero-order valence-electron chi connectivity index (χ0n) is 6.96. The molecule has 0 fully saturated rings. The Hall–Kier alpha value is -0.610. The Morgan fingerprint density at radius 3 is 2.64 bits per heavy atom. The molecule has 1 atom stereocenters. The third-order valence-corrected chi connectivity index (χ3v) is 1.14. The van der Waals surface area contributed by atoms with Crippen LogP contribution in [0, 0.1) is 0 Å². The zero-order valence-corrected chi connectivity index (χ0v) is 6.96. The van der Waals surface area contributed by atoms with Gasteiger partial charge in [0.25, 0.3) is 0 Å². The third kappa shape index (κ3) is 7.29. The van der Waals surface area contributed by atoms with Crippen LogP contribution in [0.3, 0.4) is 0 Å². The van der Waals surface area contributed by atoms with Crippen LogP contribution in [0.15, 0.2) is 0 Å². The predicted molar refractivity (Wildman–Crippen MR) is 40.7 cm³/mol. The molecule has 0 saturated heterocycles. The largest absolute Gasteiger partial charge is 0.466 e. The van der Waals surface area contributed by atoms with Crippen LogP contribution >= 0.6 is 0 Å². The van der Waals surface area contributed by atoms with Crippen molar-refractivity contribution >= 4 is 5.97 Å². The molecule has 4 heteroatoms. The molecule has 0 spiro atoms. The van der Waals surface area contributed by atoms with Crippen LogP contribution in [0.2, 0.25) is 0 Å². The van der Waals surface area contributed by atoms with Gasteiger partial charge in [0.1, 0.15) is 5.72 Å². The van der Waals surface area contributed by atoms with Gasteiger partial charge >= 0.3 is 5.97 Å². The van der Waals surface area contributed by atoms with E-state index < -0.39 is 5.72 Å². The molecule has 0 amide bonds. The number of carbonyl (C=O) groups excluding carboxylic acids is 1. The molecular formula is C7H15NO3. The highest BCUT2D eigenvalue weighted by Crippen LogP contribution is 2.04. The molecule has 11 heavy (non-hydrogen) atoms. The van der Waals surface area contributed by atoms with Crippen molar-refractivity contribution in [2.75, 3.05) is 6.61 Å². The van der Waals surface area contributed by atoms with Gasteiger partial charge in [-0.15, -0.1) is 0 Å². The fourth-order valence-electron chi connectivity index (χ4n) is 0.588. The monoisotopic (exact) mass is 161 g/mol. The number of hydrogen-bond donors (Lipinski definition) is 2. The maximum Gasteiger partial charge on any atom is 0.305 e. The van der Waals surface area contributed by atoms with Crippen LogP contribution in [0.5, 0.6) is 0 Å². The molecule has 0 aromatic carbocycles. The van der Waals surface area contributed by atoms with E-state index in [-0.39, 0.29) is 18.8 Å².